The van der Waals surface area contributed by atoms with E-state index in [4.69, 9.17) is 14.5 Å². The van der Waals surface area contributed by atoms with Crippen molar-refractivity contribution >= 4 is 16.5 Å². The van der Waals surface area contributed by atoms with Crippen LogP contribution in [0.25, 0.3) is 5.82 Å². The van der Waals surface area contributed by atoms with Gasteiger partial charge in [-0.25, -0.2) is 19.7 Å². The highest BCUT2D eigenvalue weighted by Gasteiger charge is 2.24. The van der Waals surface area contributed by atoms with Crippen molar-refractivity contribution in [2.75, 3.05) is 24.6 Å². The van der Waals surface area contributed by atoms with Crippen LogP contribution in [0.1, 0.15) is 36.4 Å². The number of tetrazole rings is 1. The van der Waals surface area contributed by atoms with Crippen LogP contribution >= 0.6 is 11.3 Å². The van der Waals surface area contributed by atoms with Gasteiger partial charge in [0.25, 0.3) is 0 Å². The van der Waals surface area contributed by atoms with Gasteiger partial charge < -0.3 is 9.64 Å². The molecule has 0 spiro atoms. The van der Waals surface area contributed by atoms with Gasteiger partial charge in [-0.15, -0.1) is 5.10 Å². The lowest BCUT2D eigenvalue weighted by atomic mass is 10.1. The van der Waals surface area contributed by atoms with Gasteiger partial charge in [-0.2, -0.15) is 19.7 Å². The van der Waals surface area contributed by atoms with E-state index in [1.54, 1.807) is 34.6 Å². The first kappa shape index (κ1) is 22.3. The van der Waals surface area contributed by atoms with Crippen LogP contribution in [0.5, 0.6) is 5.75 Å². The van der Waals surface area contributed by atoms with E-state index in [0.29, 0.717) is 31.4 Å². The molecule has 0 unspecified atom stereocenters. The van der Waals surface area contributed by atoms with Gasteiger partial charge in [-0.3, -0.25) is 0 Å². The van der Waals surface area contributed by atoms with Crippen molar-refractivity contribution in [3.05, 3.63) is 47.6 Å². The Morgan fingerprint density at radius 1 is 1.06 bits per heavy atom. The van der Waals surface area contributed by atoms with Crippen LogP contribution in [-0.4, -0.2) is 64.9 Å². The van der Waals surface area contributed by atoms with Crippen molar-refractivity contribution in [1.29, 1.82) is 0 Å². The van der Waals surface area contributed by atoms with Gasteiger partial charge in [0, 0.05) is 19.3 Å². The lowest BCUT2D eigenvalue weighted by Gasteiger charge is -2.31. The predicted molar refractivity (Wildman–Crippen MR) is 120 cm³/mol. The zero-order valence-electron chi connectivity index (χ0n) is 18.6. The zero-order chi connectivity index (χ0) is 23.2. The first-order chi connectivity index (χ1) is 16.8. The molecule has 4 aromatic heterocycles. The van der Waals surface area contributed by atoms with E-state index >= 15 is 0 Å². The number of aromatic nitrogens is 9. The van der Waals surface area contributed by atoms with E-state index in [1.165, 1.54) is 11.0 Å². The summed E-state index contributed by atoms with van der Waals surface area (Å²) in [4.78, 5) is 24.0. The average molecular weight is 485 g/mol. The summed E-state index contributed by atoms with van der Waals surface area (Å²) in [6, 6.07) is 3.85. The summed E-state index contributed by atoms with van der Waals surface area (Å²) in [6.07, 6.45) is 8.61. The maximum absolute atomic E-state index is 5.80. The van der Waals surface area contributed by atoms with Crippen LogP contribution in [0.3, 0.4) is 0 Å². The van der Waals surface area contributed by atoms with E-state index in [-0.39, 0.29) is 6.04 Å². The molecule has 1 fully saturated rings. The van der Waals surface area contributed by atoms with Crippen molar-refractivity contribution in [3.63, 3.8) is 0 Å². The Bertz CT molecular complexity index is 1160. The molecule has 178 valence electrons. The fourth-order valence-electron chi connectivity index (χ4n) is 3.55. The summed E-state index contributed by atoms with van der Waals surface area (Å²) < 4.78 is 7.28. The quantitative estimate of drug-likeness (QED) is 0.186. The molecule has 1 saturated heterocycles. The molecule has 13 nitrogen and oxygen atoms in total. The van der Waals surface area contributed by atoms with Crippen LogP contribution in [0.15, 0.2) is 37.1 Å². The Balaban J connectivity index is 1.10. The second-order valence-electron chi connectivity index (χ2n) is 7.55. The van der Waals surface area contributed by atoms with Crippen LogP contribution in [-0.2, 0) is 23.0 Å². The van der Waals surface area contributed by atoms with E-state index in [1.807, 2.05) is 19.2 Å². The summed E-state index contributed by atoms with van der Waals surface area (Å²) in [6.45, 7) is 4.96. The molecular formula is C20H24N10O3S. The third-order valence-electron chi connectivity index (χ3n) is 5.25. The van der Waals surface area contributed by atoms with Crippen LogP contribution < -0.4 is 9.64 Å². The Kier molecular flexibility index (Phi) is 6.97. The van der Waals surface area contributed by atoms with Gasteiger partial charge >= 0.3 is 0 Å². The number of rotatable bonds is 10. The molecule has 0 N–H and O–H groups in total. The third-order valence-corrected chi connectivity index (χ3v) is 6.28. The molecule has 34 heavy (non-hydrogen) atoms. The van der Waals surface area contributed by atoms with E-state index in [0.717, 1.165) is 41.6 Å². The number of anilines is 1. The number of nitrogens with zero attached hydrogens (tertiary/aromatic N) is 10. The number of thiazole rings is 1. The van der Waals surface area contributed by atoms with Gasteiger partial charge in [0.15, 0.2) is 10.9 Å². The lowest BCUT2D eigenvalue weighted by molar-refractivity contribution is -0.300. The largest absolute Gasteiger partial charge is 0.486 e. The first-order valence-corrected chi connectivity index (χ1v) is 11.8. The second kappa shape index (κ2) is 10.6. The monoisotopic (exact) mass is 484 g/mol. The Morgan fingerprint density at radius 2 is 1.97 bits per heavy atom. The second-order valence-corrected chi connectivity index (χ2v) is 8.64. The molecule has 4 aromatic rings. The summed E-state index contributed by atoms with van der Waals surface area (Å²) in [5.41, 5.74) is 0.769. The van der Waals surface area contributed by atoms with Crippen molar-refractivity contribution in [1.82, 2.24) is 45.2 Å². The van der Waals surface area contributed by atoms with Gasteiger partial charge in [0.2, 0.25) is 0 Å². The highest BCUT2D eigenvalue weighted by molar-refractivity contribution is 7.15. The number of hydrogen-bond acceptors (Lipinski definition) is 12. The topological polar surface area (TPSA) is 131 Å². The maximum atomic E-state index is 5.80. The minimum absolute atomic E-state index is 0.253. The highest BCUT2D eigenvalue weighted by atomic mass is 32.1. The molecule has 0 atom stereocenters. The van der Waals surface area contributed by atoms with Crippen LogP contribution in [0.2, 0.25) is 0 Å². The Morgan fingerprint density at radius 3 is 2.74 bits per heavy atom. The van der Waals surface area contributed by atoms with Gasteiger partial charge in [0.1, 0.15) is 31.0 Å². The van der Waals surface area contributed by atoms with E-state index < -0.39 is 0 Å². The van der Waals surface area contributed by atoms with Crippen molar-refractivity contribution < 1.29 is 14.5 Å². The minimum Gasteiger partial charge on any atom is -0.486 e. The SMILES string of the molecule is CCOOCc1cnc(N2CCC(n3ncc(COc4ccc(-n5cnnn5)nc4)n3)CC2)s1. The normalized spacial score (nSPS) is 14.6. The molecule has 1 aliphatic heterocycles. The molecule has 5 heterocycles. The lowest BCUT2D eigenvalue weighted by Crippen LogP contribution is -2.35. The summed E-state index contributed by atoms with van der Waals surface area (Å²) in [5, 5.41) is 21.1. The Labute approximate surface area is 199 Å². The molecule has 0 bridgehead atoms. The van der Waals surface area contributed by atoms with E-state index in [9.17, 15) is 0 Å². The smallest absolute Gasteiger partial charge is 0.185 e. The van der Waals surface area contributed by atoms with Gasteiger partial charge in [-0.05, 0) is 42.3 Å². The fraction of sp³-hybridized carbons (Fsp3) is 0.450. The standard InChI is InChI=1S/C20H24N10O3S/c1-2-32-33-13-18-11-22-20(34-18)28-7-5-16(6-8-28)30-24-9-15(25-30)12-31-17-3-4-19(21-10-17)29-14-23-26-27-29/h3-4,9-11,14,16H,2,5-8,12-13H2,1H3. The number of piperidine rings is 1. The van der Waals surface area contributed by atoms with Crippen LogP contribution in [0, 0.1) is 0 Å². The van der Waals surface area contributed by atoms with Gasteiger partial charge in [-0.1, -0.05) is 11.3 Å². The molecule has 0 radical (unpaired) electrons. The summed E-state index contributed by atoms with van der Waals surface area (Å²) in [7, 11) is 0. The molecule has 5 rings (SSSR count). The molecular weight excluding hydrogens is 460 g/mol. The van der Waals surface area contributed by atoms with Crippen molar-refractivity contribution in [2.24, 2.45) is 0 Å². The molecule has 0 aromatic carbocycles. The molecule has 0 amide bonds. The molecule has 0 saturated carbocycles. The fourth-order valence-corrected chi connectivity index (χ4v) is 4.41. The molecule has 1 aliphatic rings. The Hall–Kier alpha value is -3.49. The van der Waals surface area contributed by atoms with Crippen molar-refractivity contribution in [3.8, 4) is 11.6 Å². The highest BCUT2D eigenvalue weighted by Crippen LogP contribution is 2.29. The summed E-state index contributed by atoms with van der Waals surface area (Å²) in [5.74, 6) is 1.25. The van der Waals surface area contributed by atoms with Crippen LogP contribution in [0.4, 0.5) is 5.13 Å². The van der Waals surface area contributed by atoms with E-state index in [2.05, 4.69) is 40.6 Å². The molecule has 14 heteroatoms. The van der Waals surface area contributed by atoms with Gasteiger partial charge in [0.05, 0.1) is 29.9 Å². The van der Waals surface area contributed by atoms with Crippen molar-refractivity contribution in [2.45, 2.75) is 39.0 Å². The number of hydrogen-bond donors (Lipinski definition) is 0. The number of pyridine rings is 1. The predicted octanol–water partition coefficient (Wildman–Crippen LogP) is 1.99. The maximum Gasteiger partial charge on any atom is 0.185 e. The zero-order valence-corrected chi connectivity index (χ0v) is 19.4. The number of ether oxygens (including phenoxy) is 1. The third kappa shape index (κ3) is 5.35. The first-order valence-electron chi connectivity index (χ1n) is 11.0. The molecule has 0 aliphatic carbocycles. The average Bonchev–Trinajstić information content (AvgIpc) is 3.66. The summed E-state index contributed by atoms with van der Waals surface area (Å²) >= 11 is 1.63. The minimum atomic E-state index is 0.253.